The minimum absolute atomic E-state index is 1.09. The van der Waals surface area contributed by atoms with Gasteiger partial charge in [0.25, 0.3) is 0 Å². The molecule has 2 aromatic heterocycles. The Morgan fingerprint density at radius 3 is 0.929 bits per heavy atom. The van der Waals surface area contributed by atoms with E-state index in [1.54, 1.807) is 0 Å². The van der Waals surface area contributed by atoms with Crippen LogP contribution in [0, 0.1) is 0 Å². The molecule has 0 spiro atoms. The molecule has 0 saturated heterocycles. The average Bonchev–Trinajstić information content (AvgIpc) is 4.02. The number of thiophene rings is 2. The maximum absolute atomic E-state index is 2.48. The van der Waals surface area contributed by atoms with Gasteiger partial charge in [-0.05, 0) is 94.0 Å². The van der Waals surface area contributed by atoms with Crippen molar-refractivity contribution in [1.82, 2.24) is 0 Å². The Bertz CT molecular complexity index is 3990. The number of benzene rings is 11. The molecule has 0 fully saturated rings. The minimum atomic E-state index is 1.09. The van der Waals surface area contributed by atoms with Crippen LogP contribution in [0.5, 0.6) is 0 Å². The molecule has 13 rings (SSSR count). The molecule has 0 amide bonds. The number of rotatable bonds is 10. The Hall–Kier alpha value is -8.54. The van der Waals surface area contributed by atoms with Crippen molar-refractivity contribution in [3.8, 4) is 44.5 Å². The molecule has 0 aliphatic heterocycles. The van der Waals surface area contributed by atoms with Gasteiger partial charge in [0.05, 0.1) is 32.1 Å². The Kier molecular flexibility index (Phi) is 10.6. The quantitative estimate of drug-likeness (QED) is 0.135. The van der Waals surface area contributed by atoms with Gasteiger partial charge in [-0.1, -0.05) is 206 Å². The van der Waals surface area contributed by atoms with Gasteiger partial charge in [-0.2, -0.15) is 0 Å². The molecule has 0 N–H and O–H groups in total. The molecule has 2 nitrogen and oxygen atoms in total. The lowest BCUT2D eigenvalue weighted by molar-refractivity contribution is 1.28. The van der Waals surface area contributed by atoms with Gasteiger partial charge in [0.15, 0.2) is 0 Å². The smallest absolute Gasteiger partial charge is 0.0640 e. The monoisotopic (exact) mass is 928 g/mol. The van der Waals surface area contributed by atoms with E-state index >= 15 is 0 Å². The zero-order chi connectivity index (χ0) is 46.4. The summed E-state index contributed by atoms with van der Waals surface area (Å²) >= 11 is 3.73. The van der Waals surface area contributed by atoms with Gasteiger partial charge in [-0.25, -0.2) is 0 Å². The van der Waals surface area contributed by atoms with E-state index in [0.29, 0.717) is 0 Å². The van der Waals surface area contributed by atoms with Gasteiger partial charge in [0.1, 0.15) is 0 Å². The summed E-state index contributed by atoms with van der Waals surface area (Å²) in [6.07, 6.45) is 0. The van der Waals surface area contributed by atoms with Crippen molar-refractivity contribution in [3.63, 3.8) is 0 Å². The van der Waals surface area contributed by atoms with Crippen LogP contribution in [0.25, 0.3) is 84.9 Å². The maximum Gasteiger partial charge on any atom is 0.0640 e. The first-order chi connectivity index (χ1) is 34.7. The van der Waals surface area contributed by atoms with Crippen LogP contribution in [0.15, 0.2) is 267 Å². The van der Waals surface area contributed by atoms with E-state index in [0.717, 1.165) is 45.3 Å². The number of anilines is 6. The first-order valence-corrected chi connectivity index (χ1v) is 25.4. The summed E-state index contributed by atoms with van der Waals surface area (Å²) in [5.41, 5.74) is 16.1. The van der Waals surface area contributed by atoms with Crippen molar-refractivity contribution >= 4 is 97.1 Å². The Balaban J connectivity index is 0.995. The highest BCUT2D eigenvalue weighted by atomic mass is 32.1. The van der Waals surface area contributed by atoms with Crippen LogP contribution in [0.4, 0.5) is 34.1 Å². The van der Waals surface area contributed by atoms with Crippen molar-refractivity contribution in [2.75, 3.05) is 9.80 Å². The molecule has 0 atom stereocenters. The Morgan fingerprint density at radius 1 is 0.214 bits per heavy atom. The number of para-hydroxylation sites is 2. The molecule has 13 aromatic rings. The molecule has 0 unspecified atom stereocenters. The van der Waals surface area contributed by atoms with E-state index in [9.17, 15) is 0 Å². The molecule has 330 valence electrons. The van der Waals surface area contributed by atoms with E-state index in [2.05, 4.69) is 277 Å². The average molecular weight is 929 g/mol. The van der Waals surface area contributed by atoms with E-state index in [-0.39, 0.29) is 0 Å². The maximum atomic E-state index is 2.48. The normalized spacial score (nSPS) is 11.4. The van der Waals surface area contributed by atoms with Crippen molar-refractivity contribution in [3.05, 3.63) is 267 Å². The fraction of sp³-hybridized carbons (Fsp3) is 0. The Morgan fingerprint density at radius 2 is 0.514 bits per heavy atom. The van der Waals surface area contributed by atoms with Crippen molar-refractivity contribution in [2.45, 2.75) is 0 Å². The molecule has 0 bridgehead atoms. The van der Waals surface area contributed by atoms with Crippen molar-refractivity contribution in [1.29, 1.82) is 0 Å². The second-order valence-corrected chi connectivity index (χ2v) is 19.7. The van der Waals surface area contributed by atoms with Crippen molar-refractivity contribution in [2.24, 2.45) is 0 Å². The second-order valence-electron chi connectivity index (χ2n) is 17.6. The molecule has 0 aliphatic carbocycles. The minimum Gasteiger partial charge on any atom is -0.308 e. The zero-order valence-corrected chi connectivity index (χ0v) is 39.7. The number of fused-ring (bicyclic) bond motifs is 6. The van der Waals surface area contributed by atoms with Gasteiger partial charge in [-0.3, -0.25) is 0 Å². The van der Waals surface area contributed by atoms with Gasteiger partial charge in [0.2, 0.25) is 0 Å². The summed E-state index contributed by atoms with van der Waals surface area (Å²) in [6, 6.07) is 97.4. The van der Waals surface area contributed by atoms with Crippen LogP contribution < -0.4 is 9.80 Å². The lowest BCUT2D eigenvalue weighted by Crippen LogP contribution is -2.14. The van der Waals surface area contributed by atoms with Crippen LogP contribution in [-0.2, 0) is 0 Å². The summed E-state index contributed by atoms with van der Waals surface area (Å²) in [7, 11) is 0. The molecule has 70 heavy (non-hydrogen) atoms. The first kappa shape index (κ1) is 41.6. The highest BCUT2D eigenvalue weighted by Crippen LogP contribution is 2.51. The standard InChI is InChI=1S/C66H44N2S2/c1-3-17-45(18-4-1)47-33-35-48(36-34-47)50-39-43-52(44-40-50)68(62-30-16-26-58-56-24-10-14-32-64(56)70-66(58)62)60-28-12-8-22-54(60)53-21-7-11-27-59(53)67(51-41-37-49(38-42-51)46-19-5-2-6-20-46)61-29-15-25-57-55-23-9-13-31-63(55)69-65(57)61/h1-44H. The summed E-state index contributed by atoms with van der Waals surface area (Å²) in [4.78, 5) is 4.96. The largest absolute Gasteiger partial charge is 0.308 e. The highest BCUT2D eigenvalue weighted by molar-refractivity contribution is 7.26. The third-order valence-electron chi connectivity index (χ3n) is 13.5. The molecule has 0 saturated carbocycles. The number of hydrogen-bond donors (Lipinski definition) is 0. The van der Waals surface area contributed by atoms with Crippen LogP contribution in [-0.4, -0.2) is 0 Å². The molecular formula is C66H44N2S2. The summed E-state index contributed by atoms with van der Waals surface area (Å²) in [5.74, 6) is 0. The first-order valence-electron chi connectivity index (χ1n) is 23.7. The number of nitrogens with zero attached hydrogens (tertiary/aromatic N) is 2. The van der Waals surface area contributed by atoms with E-state index < -0.39 is 0 Å². The van der Waals surface area contributed by atoms with E-state index in [1.165, 1.54) is 73.7 Å². The third kappa shape index (κ3) is 7.42. The summed E-state index contributed by atoms with van der Waals surface area (Å²) < 4.78 is 5.07. The predicted octanol–water partition coefficient (Wildman–Crippen LogP) is 20.0. The lowest BCUT2D eigenvalue weighted by Gasteiger charge is -2.31. The van der Waals surface area contributed by atoms with E-state index in [1.807, 2.05) is 22.7 Å². The predicted molar refractivity (Wildman–Crippen MR) is 303 cm³/mol. The van der Waals surface area contributed by atoms with Crippen molar-refractivity contribution < 1.29 is 0 Å². The van der Waals surface area contributed by atoms with Gasteiger partial charge >= 0.3 is 0 Å². The highest BCUT2D eigenvalue weighted by Gasteiger charge is 2.25. The SMILES string of the molecule is c1ccc(-c2ccc(-c3ccc(N(c4ccccc4-c4ccccc4N(c4ccc(-c5ccccc5)cc4)c4cccc5c4sc4ccccc45)c4cccc5c4sc4ccccc45)cc3)cc2)cc1. The van der Waals surface area contributed by atoms with Crippen LogP contribution >= 0.6 is 22.7 Å². The van der Waals surface area contributed by atoms with Crippen LogP contribution in [0.2, 0.25) is 0 Å². The number of hydrogen-bond acceptors (Lipinski definition) is 4. The van der Waals surface area contributed by atoms with E-state index in [4.69, 9.17) is 0 Å². The summed E-state index contributed by atoms with van der Waals surface area (Å²) in [5, 5.41) is 5.09. The Labute approximate surface area is 415 Å². The molecule has 11 aromatic carbocycles. The molecule has 2 heterocycles. The fourth-order valence-corrected chi connectivity index (χ4v) is 12.6. The molecular weight excluding hydrogens is 885 g/mol. The lowest BCUT2D eigenvalue weighted by atomic mass is 9.97. The zero-order valence-electron chi connectivity index (χ0n) is 38.1. The summed E-state index contributed by atoms with van der Waals surface area (Å²) in [6.45, 7) is 0. The molecule has 4 heteroatoms. The van der Waals surface area contributed by atoms with Crippen LogP contribution in [0.3, 0.4) is 0 Å². The molecule has 0 aliphatic rings. The topological polar surface area (TPSA) is 6.48 Å². The van der Waals surface area contributed by atoms with Gasteiger partial charge < -0.3 is 9.80 Å². The fourth-order valence-electron chi connectivity index (χ4n) is 10.1. The third-order valence-corrected chi connectivity index (χ3v) is 15.9. The molecule has 0 radical (unpaired) electrons. The second kappa shape index (κ2) is 17.8. The van der Waals surface area contributed by atoms with Crippen LogP contribution in [0.1, 0.15) is 0 Å². The van der Waals surface area contributed by atoms with Gasteiger partial charge in [-0.15, -0.1) is 22.7 Å². The van der Waals surface area contributed by atoms with Gasteiger partial charge in [0, 0.05) is 53.4 Å².